The predicted octanol–water partition coefficient (Wildman–Crippen LogP) is 0.856. The molecule has 0 saturated heterocycles. The van der Waals surface area contributed by atoms with E-state index < -0.39 is 11.0 Å². The van der Waals surface area contributed by atoms with Crippen LogP contribution in [-0.4, -0.2) is 30.7 Å². The minimum atomic E-state index is -0.709. The van der Waals surface area contributed by atoms with Crippen LogP contribution in [0.15, 0.2) is 18.2 Å². The normalized spacial score (nSPS) is 12.2. The van der Waals surface area contributed by atoms with E-state index in [1.807, 2.05) is 0 Å². The summed E-state index contributed by atoms with van der Waals surface area (Å²) in [4.78, 5) is 10.1. The van der Waals surface area contributed by atoms with Gasteiger partial charge in [-0.15, -0.1) is 0 Å². The second-order valence-corrected chi connectivity index (χ2v) is 3.26. The summed E-state index contributed by atoms with van der Waals surface area (Å²) in [7, 11) is 3.07. The first-order valence-electron chi connectivity index (χ1n) is 4.75. The summed E-state index contributed by atoms with van der Waals surface area (Å²) in [5, 5.41) is 23.1. The fraction of sp³-hybridized carbons (Fsp3) is 0.400. The Balaban J connectivity index is 3.03. The van der Waals surface area contributed by atoms with Crippen LogP contribution >= 0.6 is 0 Å². The van der Waals surface area contributed by atoms with Crippen molar-refractivity contribution in [1.29, 1.82) is 0 Å². The van der Waals surface area contributed by atoms with Gasteiger partial charge in [-0.2, -0.15) is 0 Å². The van der Waals surface area contributed by atoms with E-state index in [1.165, 1.54) is 25.3 Å². The number of hydrogen-bond donors (Lipinski definition) is 2. The van der Waals surface area contributed by atoms with E-state index in [0.29, 0.717) is 12.1 Å². The zero-order valence-electron chi connectivity index (χ0n) is 9.14. The lowest BCUT2D eigenvalue weighted by Gasteiger charge is -2.11. The van der Waals surface area contributed by atoms with Crippen molar-refractivity contribution in [1.82, 2.24) is 5.32 Å². The van der Waals surface area contributed by atoms with Crippen molar-refractivity contribution in [2.24, 2.45) is 0 Å². The molecule has 0 bridgehead atoms. The van der Waals surface area contributed by atoms with Crippen LogP contribution in [0.4, 0.5) is 5.69 Å². The van der Waals surface area contributed by atoms with Gasteiger partial charge in [-0.05, 0) is 24.7 Å². The van der Waals surface area contributed by atoms with Gasteiger partial charge in [0.1, 0.15) is 0 Å². The molecule has 0 fully saturated rings. The standard InChI is InChI=1S/C10H14N2O4/c1-11-6-9(13)7-3-4-8(12(14)15)10(5-7)16-2/h3-5,9,11,13H,6H2,1-2H3. The molecule has 0 heterocycles. The molecule has 6 heteroatoms. The maximum Gasteiger partial charge on any atom is 0.310 e. The highest BCUT2D eigenvalue weighted by Crippen LogP contribution is 2.29. The van der Waals surface area contributed by atoms with Crippen molar-refractivity contribution >= 4 is 5.69 Å². The van der Waals surface area contributed by atoms with Crippen molar-refractivity contribution in [2.45, 2.75) is 6.10 Å². The number of nitrogens with one attached hydrogen (secondary N) is 1. The number of methoxy groups -OCH3 is 1. The first-order chi connectivity index (χ1) is 7.60. The molecule has 1 aromatic rings. The molecule has 1 atom stereocenters. The topological polar surface area (TPSA) is 84.6 Å². The van der Waals surface area contributed by atoms with E-state index in [9.17, 15) is 15.2 Å². The highest BCUT2D eigenvalue weighted by atomic mass is 16.6. The van der Waals surface area contributed by atoms with Gasteiger partial charge in [0.05, 0.1) is 18.1 Å². The third-order valence-corrected chi connectivity index (χ3v) is 2.18. The van der Waals surface area contributed by atoms with Crippen molar-refractivity contribution < 1.29 is 14.8 Å². The molecular weight excluding hydrogens is 212 g/mol. The molecule has 0 aliphatic heterocycles. The molecule has 2 N–H and O–H groups in total. The number of nitro benzene ring substituents is 1. The van der Waals surface area contributed by atoms with Crippen molar-refractivity contribution in [3.63, 3.8) is 0 Å². The molecule has 0 aliphatic rings. The van der Waals surface area contributed by atoms with E-state index in [0.717, 1.165) is 0 Å². The Morgan fingerprint density at radius 1 is 1.62 bits per heavy atom. The van der Waals surface area contributed by atoms with Crippen LogP contribution in [-0.2, 0) is 0 Å². The molecule has 0 spiro atoms. The van der Waals surface area contributed by atoms with Crippen LogP contribution in [0.25, 0.3) is 0 Å². The molecule has 0 aliphatic carbocycles. The lowest BCUT2D eigenvalue weighted by Crippen LogP contribution is -2.16. The molecular formula is C10H14N2O4. The van der Waals surface area contributed by atoms with Crippen LogP contribution in [0.3, 0.4) is 0 Å². The summed E-state index contributed by atoms with van der Waals surface area (Å²) in [6, 6.07) is 4.32. The van der Waals surface area contributed by atoms with Crippen LogP contribution in [0.5, 0.6) is 5.75 Å². The Morgan fingerprint density at radius 2 is 2.31 bits per heavy atom. The minimum absolute atomic E-state index is 0.108. The quantitative estimate of drug-likeness (QED) is 0.574. The monoisotopic (exact) mass is 226 g/mol. The minimum Gasteiger partial charge on any atom is -0.490 e. The second kappa shape index (κ2) is 5.43. The number of nitrogens with zero attached hydrogens (tertiary/aromatic N) is 1. The van der Waals surface area contributed by atoms with Gasteiger partial charge in [0.2, 0.25) is 0 Å². The Labute approximate surface area is 93.0 Å². The van der Waals surface area contributed by atoms with Gasteiger partial charge < -0.3 is 15.2 Å². The van der Waals surface area contributed by atoms with E-state index in [4.69, 9.17) is 4.74 Å². The first-order valence-corrected chi connectivity index (χ1v) is 4.75. The molecule has 1 aromatic carbocycles. The Morgan fingerprint density at radius 3 is 2.81 bits per heavy atom. The number of benzene rings is 1. The zero-order chi connectivity index (χ0) is 12.1. The third-order valence-electron chi connectivity index (χ3n) is 2.18. The molecule has 0 aromatic heterocycles. The first kappa shape index (κ1) is 12.4. The third kappa shape index (κ3) is 2.68. The molecule has 0 amide bonds. The average molecular weight is 226 g/mol. The molecule has 0 saturated carbocycles. The van der Waals surface area contributed by atoms with Gasteiger partial charge in [0.15, 0.2) is 5.75 Å². The number of likely N-dealkylation sites (N-methyl/N-ethyl adjacent to an activating group) is 1. The lowest BCUT2D eigenvalue weighted by atomic mass is 10.1. The number of ether oxygens (including phenoxy) is 1. The average Bonchev–Trinajstić information content (AvgIpc) is 2.28. The number of aliphatic hydroxyl groups is 1. The van der Waals surface area contributed by atoms with Gasteiger partial charge in [-0.3, -0.25) is 10.1 Å². The molecule has 6 nitrogen and oxygen atoms in total. The van der Waals surface area contributed by atoms with Gasteiger partial charge in [-0.1, -0.05) is 0 Å². The zero-order valence-corrected chi connectivity index (χ0v) is 9.14. The number of rotatable bonds is 5. The van der Waals surface area contributed by atoms with Crippen molar-refractivity contribution in [3.8, 4) is 5.75 Å². The van der Waals surface area contributed by atoms with Crippen molar-refractivity contribution in [3.05, 3.63) is 33.9 Å². The second-order valence-electron chi connectivity index (χ2n) is 3.26. The maximum atomic E-state index is 10.6. The Kier molecular flexibility index (Phi) is 4.21. The van der Waals surface area contributed by atoms with Crippen LogP contribution in [0.2, 0.25) is 0 Å². The summed E-state index contributed by atoms with van der Waals surface area (Å²) in [6.45, 7) is 0.376. The van der Waals surface area contributed by atoms with Gasteiger partial charge in [0.25, 0.3) is 0 Å². The lowest BCUT2D eigenvalue weighted by molar-refractivity contribution is -0.385. The SMILES string of the molecule is CNCC(O)c1ccc([N+](=O)[O-])c(OC)c1. The summed E-state index contributed by atoms with van der Waals surface area (Å²) < 4.78 is 4.90. The fourth-order valence-electron chi connectivity index (χ4n) is 1.36. The highest BCUT2D eigenvalue weighted by Gasteiger charge is 2.17. The Bertz CT molecular complexity index is 381. The number of aliphatic hydroxyl groups excluding tert-OH is 1. The van der Waals surface area contributed by atoms with E-state index in [2.05, 4.69) is 5.32 Å². The molecule has 16 heavy (non-hydrogen) atoms. The van der Waals surface area contributed by atoms with Crippen LogP contribution in [0, 0.1) is 10.1 Å². The Hall–Kier alpha value is -1.66. The largest absolute Gasteiger partial charge is 0.490 e. The van der Waals surface area contributed by atoms with Crippen LogP contribution in [0.1, 0.15) is 11.7 Å². The molecule has 1 unspecified atom stereocenters. The summed E-state index contributed by atoms with van der Waals surface area (Å²) in [6.07, 6.45) is -0.709. The highest BCUT2D eigenvalue weighted by molar-refractivity contribution is 5.48. The summed E-state index contributed by atoms with van der Waals surface area (Å²) >= 11 is 0. The summed E-state index contributed by atoms with van der Waals surface area (Å²) in [5.41, 5.74) is 0.472. The molecule has 88 valence electrons. The fourth-order valence-corrected chi connectivity index (χ4v) is 1.36. The van der Waals surface area contributed by atoms with Gasteiger partial charge in [0, 0.05) is 12.6 Å². The number of hydrogen-bond acceptors (Lipinski definition) is 5. The number of nitro groups is 1. The smallest absolute Gasteiger partial charge is 0.310 e. The van der Waals surface area contributed by atoms with E-state index in [-0.39, 0.29) is 11.4 Å². The summed E-state index contributed by atoms with van der Waals surface area (Å²) in [5.74, 6) is 0.151. The maximum absolute atomic E-state index is 10.6. The predicted molar refractivity (Wildman–Crippen MR) is 58.5 cm³/mol. The van der Waals surface area contributed by atoms with E-state index >= 15 is 0 Å². The van der Waals surface area contributed by atoms with Gasteiger partial charge in [-0.25, -0.2) is 0 Å². The van der Waals surface area contributed by atoms with Gasteiger partial charge >= 0.3 is 5.69 Å². The molecule has 1 rings (SSSR count). The van der Waals surface area contributed by atoms with Crippen molar-refractivity contribution in [2.75, 3.05) is 20.7 Å². The van der Waals surface area contributed by atoms with Crippen LogP contribution < -0.4 is 10.1 Å². The van der Waals surface area contributed by atoms with E-state index in [1.54, 1.807) is 7.05 Å². The molecule has 0 radical (unpaired) electrons.